The number of ether oxygens (including phenoxy) is 1. The zero-order valence-corrected chi connectivity index (χ0v) is 24.5. The Labute approximate surface area is 250 Å². The standard InChI is InChI=1S/C33H37N5O5/c1-32(35-29(39)21-15-23-22-10-6-11-24-28(22)20(17-34-24)16-25(23)36(2)18-21)31(41)38-26(14-19-8-4-3-5-9-19)30(40)37-13-7-12-27(37)33(38,42)43-32/h3-6,8-11,17,21,23,25-27,34,42H,7,12-16,18H2,1-2H3,(H,35,39)/t21-,23-,25-,26+,27+,32-,33?/m1/s1. The Morgan fingerprint density at radius 2 is 1.98 bits per heavy atom. The van der Waals surface area contributed by atoms with Crippen LogP contribution in [0.1, 0.15) is 48.8 Å². The number of likely N-dealkylation sites (tertiary alicyclic amines) is 1. The van der Waals surface area contributed by atoms with E-state index in [1.54, 1.807) is 4.90 Å². The third-order valence-corrected chi connectivity index (χ3v) is 10.6. The number of H-pyrrole nitrogens is 1. The monoisotopic (exact) mass is 583 g/mol. The molecule has 5 heterocycles. The predicted octanol–water partition coefficient (Wildman–Crippen LogP) is 2.08. The van der Waals surface area contributed by atoms with Crippen LogP contribution in [0.25, 0.3) is 10.9 Å². The second kappa shape index (κ2) is 9.38. The smallest absolute Gasteiger partial charge is 0.280 e. The van der Waals surface area contributed by atoms with Gasteiger partial charge in [0.1, 0.15) is 12.1 Å². The molecule has 224 valence electrons. The molecule has 4 saturated heterocycles. The molecule has 0 saturated carbocycles. The summed E-state index contributed by atoms with van der Waals surface area (Å²) in [7, 11) is 2.06. The lowest BCUT2D eigenvalue weighted by molar-refractivity contribution is -0.315. The van der Waals surface area contributed by atoms with Gasteiger partial charge >= 0.3 is 0 Å². The summed E-state index contributed by atoms with van der Waals surface area (Å²) in [4.78, 5) is 50.4. The molecule has 1 aliphatic carbocycles. The molecule has 1 unspecified atom stereocenters. The lowest BCUT2D eigenvalue weighted by atomic mass is 9.72. The number of benzene rings is 2. The number of aromatic nitrogens is 1. The third kappa shape index (κ3) is 3.86. The minimum absolute atomic E-state index is 0.171. The van der Waals surface area contributed by atoms with Crippen molar-refractivity contribution in [2.24, 2.45) is 5.92 Å². The van der Waals surface area contributed by atoms with E-state index in [4.69, 9.17) is 4.74 Å². The minimum Gasteiger partial charge on any atom is -0.361 e. The van der Waals surface area contributed by atoms with Crippen molar-refractivity contribution in [3.05, 3.63) is 71.4 Å². The maximum absolute atomic E-state index is 14.2. The maximum Gasteiger partial charge on any atom is 0.280 e. The fourth-order valence-electron chi connectivity index (χ4n) is 8.65. The number of hydrogen-bond donors (Lipinski definition) is 3. The van der Waals surface area contributed by atoms with Gasteiger partial charge < -0.3 is 25.2 Å². The van der Waals surface area contributed by atoms with Gasteiger partial charge in [-0.15, -0.1) is 0 Å². The first-order valence-electron chi connectivity index (χ1n) is 15.4. The summed E-state index contributed by atoms with van der Waals surface area (Å²) in [6.07, 6.45) is 5.13. The molecule has 0 spiro atoms. The Kier molecular flexibility index (Phi) is 5.86. The molecular formula is C33H37N5O5. The summed E-state index contributed by atoms with van der Waals surface area (Å²) in [5.74, 6) is -3.31. The van der Waals surface area contributed by atoms with Gasteiger partial charge in [0.15, 0.2) is 0 Å². The zero-order chi connectivity index (χ0) is 29.7. The molecule has 10 nitrogen and oxygen atoms in total. The van der Waals surface area contributed by atoms with Crippen molar-refractivity contribution in [2.75, 3.05) is 20.1 Å². The quantitative estimate of drug-likeness (QED) is 0.433. The fraction of sp³-hybridized carbons (Fsp3) is 0.485. The number of rotatable bonds is 4. The summed E-state index contributed by atoms with van der Waals surface area (Å²) in [5.41, 5.74) is 2.74. The first-order chi connectivity index (χ1) is 20.7. The number of carbonyl (C=O) groups is 3. The predicted molar refractivity (Wildman–Crippen MR) is 157 cm³/mol. The number of aliphatic hydroxyl groups is 1. The Morgan fingerprint density at radius 3 is 2.79 bits per heavy atom. The van der Waals surface area contributed by atoms with Crippen molar-refractivity contribution in [2.45, 2.75) is 74.7 Å². The van der Waals surface area contributed by atoms with Crippen LogP contribution >= 0.6 is 0 Å². The Balaban J connectivity index is 1.08. The molecule has 8 rings (SSSR count). The summed E-state index contributed by atoms with van der Waals surface area (Å²) < 4.78 is 6.25. The first kappa shape index (κ1) is 26.9. The van der Waals surface area contributed by atoms with Crippen LogP contribution in [0.2, 0.25) is 0 Å². The number of hydrogen-bond acceptors (Lipinski definition) is 6. The van der Waals surface area contributed by atoms with Crippen LogP contribution in [0.3, 0.4) is 0 Å². The highest BCUT2D eigenvalue weighted by Gasteiger charge is 2.70. The highest BCUT2D eigenvalue weighted by Crippen LogP contribution is 2.47. The zero-order valence-electron chi connectivity index (χ0n) is 24.5. The van der Waals surface area contributed by atoms with Crippen molar-refractivity contribution in [1.82, 2.24) is 25.0 Å². The van der Waals surface area contributed by atoms with Crippen molar-refractivity contribution in [1.29, 1.82) is 0 Å². The molecule has 4 aliphatic heterocycles. The van der Waals surface area contributed by atoms with Crippen molar-refractivity contribution in [3.63, 3.8) is 0 Å². The Morgan fingerprint density at radius 1 is 1.16 bits per heavy atom. The molecule has 3 N–H and O–H groups in total. The molecule has 10 heteroatoms. The molecule has 0 radical (unpaired) electrons. The molecule has 5 aliphatic rings. The number of piperazine rings is 1. The molecule has 2 aromatic carbocycles. The van der Waals surface area contributed by atoms with Gasteiger partial charge in [-0.1, -0.05) is 42.5 Å². The molecule has 1 aromatic heterocycles. The normalized spacial score (nSPS) is 35.2. The summed E-state index contributed by atoms with van der Waals surface area (Å²) >= 11 is 0. The highest BCUT2D eigenvalue weighted by atomic mass is 16.7. The van der Waals surface area contributed by atoms with Crippen LogP contribution in [0.15, 0.2) is 54.7 Å². The van der Waals surface area contributed by atoms with E-state index in [0.29, 0.717) is 32.4 Å². The number of fused-ring (bicyclic) bond motifs is 5. The second-order valence-electron chi connectivity index (χ2n) is 13.2. The van der Waals surface area contributed by atoms with Crippen LogP contribution in [0, 0.1) is 5.92 Å². The van der Waals surface area contributed by atoms with Crippen LogP contribution in [-0.2, 0) is 32.0 Å². The lowest BCUT2D eigenvalue weighted by Crippen LogP contribution is -2.71. The number of piperidine rings is 1. The lowest BCUT2D eigenvalue weighted by Gasteiger charge is -2.48. The summed E-state index contributed by atoms with van der Waals surface area (Å²) in [6, 6.07) is 14.4. The number of carbonyl (C=O) groups excluding carboxylic acids is 3. The van der Waals surface area contributed by atoms with Crippen LogP contribution in [-0.4, -0.2) is 92.4 Å². The van der Waals surface area contributed by atoms with E-state index in [9.17, 15) is 19.5 Å². The molecule has 0 bridgehead atoms. The third-order valence-electron chi connectivity index (χ3n) is 10.6. The number of likely N-dealkylation sites (N-methyl/N-ethyl adjacent to an activating group) is 1. The average molecular weight is 584 g/mol. The van der Waals surface area contributed by atoms with E-state index in [2.05, 4.69) is 46.6 Å². The van der Waals surface area contributed by atoms with Gasteiger partial charge in [-0.05, 0) is 62.4 Å². The van der Waals surface area contributed by atoms with E-state index < -0.39 is 29.6 Å². The van der Waals surface area contributed by atoms with Crippen molar-refractivity contribution < 1.29 is 24.2 Å². The largest absolute Gasteiger partial charge is 0.361 e. The van der Waals surface area contributed by atoms with E-state index in [0.717, 1.165) is 17.5 Å². The van der Waals surface area contributed by atoms with Crippen molar-refractivity contribution >= 4 is 28.6 Å². The number of aromatic amines is 1. The number of amides is 3. The first-order valence-corrected chi connectivity index (χ1v) is 15.4. The second-order valence-corrected chi connectivity index (χ2v) is 13.2. The fourth-order valence-corrected chi connectivity index (χ4v) is 8.65. The molecular weight excluding hydrogens is 546 g/mol. The van der Waals surface area contributed by atoms with E-state index in [1.165, 1.54) is 28.3 Å². The molecule has 3 aromatic rings. The van der Waals surface area contributed by atoms with Gasteiger partial charge in [0.25, 0.3) is 11.8 Å². The van der Waals surface area contributed by atoms with Crippen LogP contribution in [0.5, 0.6) is 0 Å². The molecule has 7 atom stereocenters. The van der Waals surface area contributed by atoms with Gasteiger partial charge in [0.2, 0.25) is 17.5 Å². The van der Waals surface area contributed by atoms with Crippen molar-refractivity contribution in [3.8, 4) is 0 Å². The minimum atomic E-state index is -2.03. The molecule has 43 heavy (non-hydrogen) atoms. The van der Waals surface area contributed by atoms with Gasteiger partial charge in [-0.3, -0.25) is 24.0 Å². The Hall–Kier alpha value is -3.73. The van der Waals surface area contributed by atoms with Gasteiger partial charge in [-0.25, -0.2) is 0 Å². The highest BCUT2D eigenvalue weighted by molar-refractivity contribution is 5.97. The van der Waals surface area contributed by atoms with Crippen LogP contribution in [0.4, 0.5) is 0 Å². The SMILES string of the molecule is CN1C[C@H](C(=O)N[C@]2(C)OC3(O)[C@@H]4CCCN4C(=O)[C@H](Cc4ccccc4)N3C2=O)C[C@@H]2c3cccc4[nH]cc(c34)C[C@H]21. The maximum atomic E-state index is 14.2. The average Bonchev–Trinajstić information content (AvgIpc) is 3.70. The topological polar surface area (TPSA) is 118 Å². The molecule has 3 amide bonds. The van der Waals surface area contributed by atoms with E-state index in [1.807, 2.05) is 30.3 Å². The van der Waals surface area contributed by atoms with Gasteiger partial charge in [0, 0.05) is 48.6 Å². The van der Waals surface area contributed by atoms with Gasteiger partial charge in [0.05, 0.1) is 5.92 Å². The number of nitrogens with zero attached hydrogens (tertiary/aromatic N) is 3. The molecule has 4 fully saturated rings. The van der Waals surface area contributed by atoms with Gasteiger partial charge in [-0.2, -0.15) is 0 Å². The summed E-state index contributed by atoms with van der Waals surface area (Å²) in [5, 5.41) is 16.2. The van der Waals surface area contributed by atoms with E-state index >= 15 is 0 Å². The summed E-state index contributed by atoms with van der Waals surface area (Å²) in [6.45, 7) is 2.56. The number of nitrogens with one attached hydrogen (secondary N) is 2. The Bertz CT molecular complexity index is 1640. The van der Waals surface area contributed by atoms with E-state index in [-0.39, 0.29) is 36.1 Å². The van der Waals surface area contributed by atoms with Crippen LogP contribution < -0.4 is 5.32 Å².